The first-order chi connectivity index (χ1) is 14.3. The third kappa shape index (κ3) is 2.97. The number of carbonyl (C=O) groups is 1. The van der Waals surface area contributed by atoms with Crippen LogP contribution in [-0.4, -0.2) is 59.3 Å². The van der Waals surface area contributed by atoms with Crippen LogP contribution in [0.2, 0.25) is 0 Å². The van der Waals surface area contributed by atoms with Crippen LogP contribution in [0.1, 0.15) is 23.3 Å². The van der Waals surface area contributed by atoms with Crippen molar-refractivity contribution in [3.8, 4) is 11.9 Å². The molecule has 1 unspecified atom stereocenters. The molecule has 0 bridgehead atoms. The van der Waals surface area contributed by atoms with Crippen LogP contribution >= 0.6 is 0 Å². The summed E-state index contributed by atoms with van der Waals surface area (Å²) in [5.41, 5.74) is -0.572. The van der Waals surface area contributed by atoms with Gasteiger partial charge in [0.25, 0.3) is 0 Å². The number of hydrogen-bond donors (Lipinski definition) is 3. The van der Waals surface area contributed by atoms with Gasteiger partial charge in [0, 0.05) is 32.4 Å². The Morgan fingerprint density at radius 3 is 2.73 bits per heavy atom. The predicted molar refractivity (Wildman–Crippen MR) is 106 cm³/mol. The van der Waals surface area contributed by atoms with E-state index < -0.39 is 22.8 Å². The van der Waals surface area contributed by atoms with Crippen LogP contribution in [-0.2, 0) is 0 Å². The van der Waals surface area contributed by atoms with E-state index in [1.165, 1.54) is 6.20 Å². The number of halogens is 1. The first kappa shape index (κ1) is 19.5. The lowest BCUT2D eigenvalue weighted by molar-refractivity contribution is 0.0694. The Kier molecular flexibility index (Phi) is 4.69. The lowest BCUT2D eigenvalue weighted by Gasteiger charge is -2.38. The summed E-state index contributed by atoms with van der Waals surface area (Å²) in [6, 6.07) is 0.846. The summed E-state index contributed by atoms with van der Waals surface area (Å²) in [5, 5.41) is 28.1. The van der Waals surface area contributed by atoms with Gasteiger partial charge in [-0.2, -0.15) is 5.26 Å². The number of guanidine groups is 1. The summed E-state index contributed by atoms with van der Waals surface area (Å²) in [6.45, 7) is 3.57. The average molecular weight is 414 g/mol. The van der Waals surface area contributed by atoms with Crippen LogP contribution in [0.5, 0.6) is 5.75 Å². The minimum absolute atomic E-state index is 0.0161. The number of ether oxygens (including phenoxy) is 1. The topological polar surface area (TPSA) is 135 Å². The molecule has 3 heterocycles. The fourth-order valence-corrected chi connectivity index (χ4v) is 3.94. The molecule has 2 aromatic rings. The molecule has 3 N–H and O–H groups in total. The molecule has 10 nitrogen and oxygen atoms in total. The molecule has 0 amide bonds. The van der Waals surface area contributed by atoms with Gasteiger partial charge in [-0.1, -0.05) is 0 Å². The van der Waals surface area contributed by atoms with Crippen molar-refractivity contribution in [3.05, 3.63) is 33.9 Å². The Balaban J connectivity index is 1.80. The van der Waals surface area contributed by atoms with Gasteiger partial charge in [-0.25, -0.2) is 9.18 Å². The Labute approximate surface area is 170 Å². The Bertz CT molecular complexity index is 1160. The van der Waals surface area contributed by atoms with Crippen molar-refractivity contribution < 1.29 is 19.0 Å². The molecule has 2 aliphatic heterocycles. The van der Waals surface area contributed by atoms with Crippen molar-refractivity contribution in [1.82, 2.24) is 14.8 Å². The van der Waals surface area contributed by atoms with Crippen LogP contribution in [0.15, 0.2) is 17.1 Å². The number of pyridine rings is 1. The van der Waals surface area contributed by atoms with E-state index in [2.05, 4.69) is 5.32 Å². The smallest absolute Gasteiger partial charge is 0.341 e. The summed E-state index contributed by atoms with van der Waals surface area (Å²) < 4.78 is 22.7. The van der Waals surface area contributed by atoms with E-state index in [1.807, 2.05) is 6.92 Å². The van der Waals surface area contributed by atoms with Crippen molar-refractivity contribution in [2.45, 2.75) is 13.0 Å². The molecule has 0 saturated carbocycles. The summed E-state index contributed by atoms with van der Waals surface area (Å²) in [7, 11) is 0. The van der Waals surface area contributed by atoms with E-state index in [4.69, 9.17) is 15.4 Å². The molecule has 1 saturated heterocycles. The van der Waals surface area contributed by atoms with Gasteiger partial charge in [0.05, 0.1) is 16.9 Å². The minimum Gasteiger partial charge on any atom is -0.487 e. The zero-order chi connectivity index (χ0) is 21.6. The van der Waals surface area contributed by atoms with Crippen molar-refractivity contribution in [1.29, 1.82) is 10.7 Å². The van der Waals surface area contributed by atoms with Gasteiger partial charge in [0.2, 0.25) is 11.4 Å². The Morgan fingerprint density at radius 1 is 1.40 bits per heavy atom. The number of piperazine rings is 1. The molecule has 11 heteroatoms. The van der Waals surface area contributed by atoms with Crippen molar-refractivity contribution in [3.63, 3.8) is 0 Å². The molecule has 1 atom stereocenters. The molecule has 0 radical (unpaired) electrons. The largest absolute Gasteiger partial charge is 0.487 e. The van der Waals surface area contributed by atoms with Gasteiger partial charge in [0.1, 0.15) is 17.9 Å². The second-order valence-corrected chi connectivity index (χ2v) is 7.24. The normalized spacial score (nSPS) is 18.0. The standard InChI is InChI=1S/C19H19FN6O4/c1-10-8-30-17-14-11(16(27)12(18(28)29)7-26(10)14)6-13(20)15(17)24-2-4-25(5-3-24)19(22)23-9-21/h6-7,10H,2-5,8H2,1H3,(H2,22,23)(H,28,29). The molecule has 1 fully saturated rings. The fourth-order valence-electron chi connectivity index (χ4n) is 3.94. The first-order valence-electron chi connectivity index (χ1n) is 9.34. The molecular formula is C19H19FN6O4. The van der Waals surface area contributed by atoms with E-state index in [0.717, 1.165) is 6.07 Å². The van der Waals surface area contributed by atoms with Gasteiger partial charge >= 0.3 is 5.97 Å². The molecular weight excluding hydrogens is 395 g/mol. The van der Waals surface area contributed by atoms with Crippen molar-refractivity contribution >= 4 is 28.5 Å². The number of anilines is 1. The monoisotopic (exact) mass is 414 g/mol. The van der Waals surface area contributed by atoms with Crippen molar-refractivity contribution in [2.75, 3.05) is 37.7 Å². The summed E-state index contributed by atoms with van der Waals surface area (Å²) in [6.07, 6.45) is 3.00. The predicted octanol–water partition coefficient (Wildman–Crippen LogP) is 0.920. The molecule has 0 aliphatic carbocycles. The number of rotatable bonds is 2. The number of aromatic nitrogens is 1. The summed E-state index contributed by atoms with van der Waals surface area (Å²) in [5.74, 6) is -1.83. The first-order valence-corrected chi connectivity index (χ1v) is 9.34. The molecule has 30 heavy (non-hydrogen) atoms. The molecule has 4 rings (SSSR count). The maximum absolute atomic E-state index is 15.2. The molecule has 2 aliphatic rings. The van der Waals surface area contributed by atoms with Crippen LogP contribution in [0.25, 0.3) is 10.9 Å². The number of nitriles is 1. The van der Waals surface area contributed by atoms with E-state index in [0.29, 0.717) is 31.7 Å². The average Bonchev–Trinajstić information content (AvgIpc) is 2.72. The summed E-state index contributed by atoms with van der Waals surface area (Å²) in [4.78, 5) is 27.6. The number of benzene rings is 1. The molecule has 1 aromatic heterocycles. The molecule has 156 valence electrons. The van der Waals surface area contributed by atoms with Gasteiger partial charge in [-0.15, -0.1) is 0 Å². The van der Waals surface area contributed by atoms with E-state index in [9.17, 15) is 14.7 Å². The highest BCUT2D eigenvalue weighted by atomic mass is 19.1. The highest BCUT2D eigenvalue weighted by Crippen LogP contribution is 2.42. The number of nitrogens with zero attached hydrogens (tertiary/aromatic N) is 4. The number of carboxylic acids is 1. The zero-order valence-corrected chi connectivity index (χ0v) is 16.1. The van der Waals surface area contributed by atoms with Gasteiger partial charge in [-0.05, 0) is 13.0 Å². The quantitative estimate of drug-likeness (QED) is 0.286. The van der Waals surface area contributed by atoms with Crippen molar-refractivity contribution in [2.24, 2.45) is 0 Å². The third-order valence-electron chi connectivity index (χ3n) is 5.46. The van der Waals surface area contributed by atoms with Gasteiger partial charge in [0.15, 0.2) is 17.8 Å². The maximum atomic E-state index is 15.2. The summed E-state index contributed by atoms with van der Waals surface area (Å²) >= 11 is 0. The second kappa shape index (κ2) is 7.22. The van der Waals surface area contributed by atoms with Crippen LogP contribution in [0.4, 0.5) is 10.1 Å². The van der Waals surface area contributed by atoms with E-state index in [-0.39, 0.29) is 35.4 Å². The zero-order valence-electron chi connectivity index (χ0n) is 16.1. The SMILES string of the molecule is CC1COc2c(N3CCN(C(=N)NC#N)CC3)c(F)cc3c(=O)c(C(=O)O)cn1c23. The second-order valence-electron chi connectivity index (χ2n) is 7.24. The number of carboxylic acid groups (broad SMARTS) is 1. The third-order valence-corrected chi connectivity index (χ3v) is 5.46. The van der Waals surface area contributed by atoms with Crippen LogP contribution in [0.3, 0.4) is 0 Å². The number of nitrogens with one attached hydrogen (secondary N) is 2. The number of aromatic carboxylic acids is 1. The number of hydrogen-bond acceptors (Lipinski definition) is 6. The lowest BCUT2D eigenvalue weighted by Crippen LogP contribution is -2.51. The maximum Gasteiger partial charge on any atom is 0.341 e. The van der Waals surface area contributed by atoms with E-state index >= 15 is 4.39 Å². The Morgan fingerprint density at radius 2 is 2.10 bits per heavy atom. The van der Waals surface area contributed by atoms with Crippen LogP contribution in [0, 0.1) is 22.7 Å². The van der Waals surface area contributed by atoms with Crippen LogP contribution < -0.4 is 20.4 Å². The molecule has 0 spiro atoms. The highest BCUT2D eigenvalue weighted by molar-refractivity contribution is 5.97. The van der Waals surface area contributed by atoms with Gasteiger partial charge < -0.3 is 24.2 Å². The fraction of sp³-hybridized carbons (Fsp3) is 0.368. The molecule has 1 aromatic carbocycles. The lowest BCUT2D eigenvalue weighted by atomic mass is 10.1. The highest BCUT2D eigenvalue weighted by Gasteiger charge is 2.31. The minimum atomic E-state index is -1.36. The van der Waals surface area contributed by atoms with Gasteiger partial charge in [-0.3, -0.25) is 15.5 Å². The van der Waals surface area contributed by atoms with E-state index in [1.54, 1.807) is 20.6 Å². The Hall–Kier alpha value is -3.81.